The highest BCUT2D eigenvalue weighted by Crippen LogP contribution is 2.27. The van der Waals surface area contributed by atoms with Crippen LogP contribution in [-0.2, 0) is 6.42 Å². The van der Waals surface area contributed by atoms with Crippen LogP contribution in [0.4, 0.5) is 0 Å². The fraction of sp³-hybridized carbons (Fsp3) is 0.133. The number of nitriles is 1. The van der Waals surface area contributed by atoms with E-state index >= 15 is 0 Å². The van der Waals surface area contributed by atoms with Gasteiger partial charge in [-0.3, -0.25) is 0 Å². The molecule has 0 aliphatic carbocycles. The minimum atomic E-state index is -0.236. The zero-order valence-electron chi connectivity index (χ0n) is 9.61. The minimum Gasteiger partial charge on any atom is -0.198 e. The largest absolute Gasteiger partial charge is 0.198 e. The van der Waals surface area contributed by atoms with Crippen LogP contribution in [0.15, 0.2) is 48.5 Å². The van der Waals surface area contributed by atoms with Crippen molar-refractivity contribution in [3.63, 3.8) is 0 Å². The van der Waals surface area contributed by atoms with Crippen LogP contribution in [-0.4, -0.2) is 0 Å². The van der Waals surface area contributed by atoms with E-state index in [1.807, 2.05) is 48.5 Å². The van der Waals surface area contributed by atoms with E-state index in [9.17, 15) is 5.26 Å². The molecule has 0 amide bonds. The molecule has 0 saturated heterocycles. The topological polar surface area (TPSA) is 23.8 Å². The van der Waals surface area contributed by atoms with Crippen molar-refractivity contribution in [2.75, 3.05) is 0 Å². The van der Waals surface area contributed by atoms with E-state index in [-0.39, 0.29) is 5.92 Å². The van der Waals surface area contributed by atoms with Crippen LogP contribution >= 0.6 is 23.2 Å². The molecule has 0 bridgehead atoms. The first kappa shape index (κ1) is 13.0. The molecule has 0 unspecified atom stereocenters. The lowest BCUT2D eigenvalue weighted by Gasteiger charge is -2.11. The van der Waals surface area contributed by atoms with E-state index in [0.717, 1.165) is 11.1 Å². The molecule has 0 aliphatic rings. The Morgan fingerprint density at radius 3 is 2.28 bits per heavy atom. The molecule has 0 heterocycles. The Balaban J connectivity index is 2.23. The summed E-state index contributed by atoms with van der Waals surface area (Å²) in [5.41, 5.74) is 1.95. The Morgan fingerprint density at radius 1 is 1.00 bits per heavy atom. The van der Waals surface area contributed by atoms with E-state index in [2.05, 4.69) is 6.07 Å². The van der Waals surface area contributed by atoms with Crippen LogP contribution in [0, 0.1) is 11.3 Å². The Labute approximate surface area is 117 Å². The van der Waals surface area contributed by atoms with Gasteiger partial charge in [-0.1, -0.05) is 53.5 Å². The molecule has 0 spiro atoms. The molecule has 18 heavy (non-hydrogen) atoms. The zero-order chi connectivity index (χ0) is 13.0. The molecule has 2 aromatic carbocycles. The molecular formula is C15H11Cl2N. The van der Waals surface area contributed by atoms with Crippen LogP contribution in [0.1, 0.15) is 17.0 Å². The summed E-state index contributed by atoms with van der Waals surface area (Å²) in [5, 5.41) is 10.6. The first-order valence-corrected chi connectivity index (χ1v) is 6.35. The highest BCUT2D eigenvalue weighted by Gasteiger charge is 2.14. The van der Waals surface area contributed by atoms with Gasteiger partial charge in [0.2, 0.25) is 0 Å². The lowest BCUT2D eigenvalue weighted by Crippen LogP contribution is -2.01. The van der Waals surface area contributed by atoms with Crippen molar-refractivity contribution >= 4 is 23.2 Å². The van der Waals surface area contributed by atoms with E-state index in [1.165, 1.54) is 0 Å². The lowest BCUT2D eigenvalue weighted by molar-refractivity contribution is 0.849. The lowest BCUT2D eigenvalue weighted by atomic mass is 9.93. The van der Waals surface area contributed by atoms with Crippen molar-refractivity contribution in [1.29, 1.82) is 5.26 Å². The van der Waals surface area contributed by atoms with E-state index in [1.54, 1.807) is 0 Å². The molecular weight excluding hydrogens is 265 g/mol. The summed E-state index contributed by atoms with van der Waals surface area (Å²) in [6.07, 6.45) is 0.636. The predicted octanol–water partition coefficient (Wildman–Crippen LogP) is 4.84. The van der Waals surface area contributed by atoms with Crippen LogP contribution in [0.5, 0.6) is 0 Å². The van der Waals surface area contributed by atoms with Gasteiger partial charge in [-0.25, -0.2) is 0 Å². The third-order valence-electron chi connectivity index (χ3n) is 2.79. The molecule has 2 rings (SSSR count). The van der Waals surface area contributed by atoms with E-state index < -0.39 is 0 Å². The van der Waals surface area contributed by atoms with Crippen molar-refractivity contribution in [1.82, 2.24) is 0 Å². The van der Waals surface area contributed by atoms with Gasteiger partial charge in [0.1, 0.15) is 0 Å². The van der Waals surface area contributed by atoms with Crippen molar-refractivity contribution in [3.8, 4) is 6.07 Å². The van der Waals surface area contributed by atoms with Gasteiger partial charge in [-0.15, -0.1) is 0 Å². The number of hydrogen-bond acceptors (Lipinski definition) is 1. The van der Waals surface area contributed by atoms with Crippen molar-refractivity contribution in [2.45, 2.75) is 12.3 Å². The smallest absolute Gasteiger partial charge is 0.0767 e. The summed E-state index contributed by atoms with van der Waals surface area (Å²) in [5.74, 6) is -0.236. The third-order valence-corrected chi connectivity index (χ3v) is 3.39. The first-order valence-electron chi connectivity index (χ1n) is 5.59. The predicted molar refractivity (Wildman–Crippen MR) is 75.0 cm³/mol. The number of halogens is 2. The number of benzene rings is 2. The minimum absolute atomic E-state index is 0.236. The summed E-state index contributed by atoms with van der Waals surface area (Å²) < 4.78 is 0. The Bertz CT molecular complexity index is 570. The fourth-order valence-electron chi connectivity index (χ4n) is 1.84. The summed E-state index contributed by atoms with van der Waals surface area (Å²) in [6, 6.07) is 17.3. The van der Waals surface area contributed by atoms with Crippen molar-refractivity contribution in [3.05, 3.63) is 69.7 Å². The van der Waals surface area contributed by atoms with Crippen molar-refractivity contribution < 1.29 is 0 Å². The Morgan fingerprint density at radius 2 is 1.67 bits per heavy atom. The summed E-state index contributed by atoms with van der Waals surface area (Å²) in [4.78, 5) is 0. The first-order chi connectivity index (χ1) is 8.70. The van der Waals surface area contributed by atoms with Gasteiger partial charge in [0.25, 0.3) is 0 Å². The van der Waals surface area contributed by atoms with Gasteiger partial charge in [0, 0.05) is 10.0 Å². The molecule has 0 fully saturated rings. The number of nitrogens with zero attached hydrogens (tertiary/aromatic N) is 1. The summed E-state index contributed by atoms with van der Waals surface area (Å²) in [7, 11) is 0. The highest BCUT2D eigenvalue weighted by molar-refractivity contribution is 6.31. The van der Waals surface area contributed by atoms with Crippen LogP contribution in [0.2, 0.25) is 10.0 Å². The maximum absolute atomic E-state index is 9.29. The second-order valence-corrected chi connectivity index (χ2v) is 4.88. The number of rotatable bonds is 3. The van der Waals surface area contributed by atoms with Gasteiger partial charge >= 0.3 is 0 Å². The van der Waals surface area contributed by atoms with Gasteiger partial charge in [-0.2, -0.15) is 5.26 Å². The summed E-state index contributed by atoms with van der Waals surface area (Å²) >= 11 is 12.0. The van der Waals surface area contributed by atoms with Gasteiger partial charge in [0.05, 0.1) is 12.0 Å². The monoisotopic (exact) mass is 275 g/mol. The quantitative estimate of drug-likeness (QED) is 0.786. The van der Waals surface area contributed by atoms with Gasteiger partial charge < -0.3 is 0 Å². The molecule has 0 N–H and O–H groups in total. The fourth-order valence-corrected chi connectivity index (χ4v) is 2.23. The molecule has 0 saturated carbocycles. The molecule has 1 nitrogen and oxygen atoms in total. The molecule has 2 aromatic rings. The Hall–Kier alpha value is -1.49. The molecule has 0 aliphatic heterocycles. The molecule has 0 radical (unpaired) electrons. The van der Waals surface area contributed by atoms with Crippen LogP contribution in [0.3, 0.4) is 0 Å². The molecule has 0 aromatic heterocycles. The van der Waals surface area contributed by atoms with Gasteiger partial charge in [-0.05, 0) is 35.7 Å². The van der Waals surface area contributed by atoms with Crippen LogP contribution in [0.25, 0.3) is 0 Å². The summed E-state index contributed by atoms with van der Waals surface area (Å²) in [6.45, 7) is 0. The highest BCUT2D eigenvalue weighted by atomic mass is 35.5. The average molecular weight is 276 g/mol. The van der Waals surface area contributed by atoms with E-state index in [4.69, 9.17) is 23.2 Å². The standard InChI is InChI=1S/C15H11Cl2N/c16-13-7-5-11(6-8-13)9-12(10-18)14-3-1-2-4-15(14)17/h1-8,12H,9H2/t12-/m0/s1. The third kappa shape index (κ3) is 3.04. The molecule has 1 atom stereocenters. The van der Waals surface area contributed by atoms with Gasteiger partial charge in [0.15, 0.2) is 0 Å². The SMILES string of the molecule is N#C[C@H](Cc1ccc(Cl)cc1)c1ccccc1Cl. The average Bonchev–Trinajstić information content (AvgIpc) is 2.39. The maximum atomic E-state index is 9.29. The number of hydrogen-bond donors (Lipinski definition) is 0. The zero-order valence-corrected chi connectivity index (χ0v) is 11.1. The van der Waals surface area contributed by atoms with E-state index in [0.29, 0.717) is 16.5 Å². The second kappa shape index (κ2) is 5.91. The molecule has 3 heteroatoms. The Kier molecular flexibility index (Phi) is 4.25. The normalized spacial score (nSPS) is 11.8. The maximum Gasteiger partial charge on any atom is 0.0767 e. The van der Waals surface area contributed by atoms with Crippen molar-refractivity contribution in [2.24, 2.45) is 0 Å². The van der Waals surface area contributed by atoms with Crippen LogP contribution < -0.4 is 0 Å². The molecule has 90 valence electrons. The second-order valence-electron chi connectivity index (χ2n) is 4.03.